The topological polar surface area (TPSA) is 226 Å². The molecule has 20 heteroatoms. The van der Waals surface area contributed by atoms with Crippen LogP contribution in [0.25, 0.3) is 20.7 Å². The van der Waals surface area contributed by atoms with Crippen molar-refractivity contribution in [1.29, 1.82) is 0 Å². The highest BCUT2D eigenvalue weighted by Crippen LogP contribution is 2.35. The van der Waals surface area contributed by atoms with Crippen LogP contribution in [0.15, 0.2) is 96.5 Å². The number of ether oxygens (including phenoxy) is 2. The Morgan fingerprint density at radius 3 is 2.39 bits per heavy atom. The van der Waals surface area contributed by atoms with Crippen molar-refractivity contribution < 1.29 is 43.7 Å². The first kappa shape index (κ1) is 58.6. The minimum Gasteiger partial charge on any atom is -0.494 e. The molecule has 7 aromatic rings. The van der Waals surface area contributed by atoms with E-state index in [1.165, 1.54) is 27.6 Å². The average molecular weight is 1180 g/mol. The summed E-state index contributed by atoms with van der Waals surface area (Å²) in [4.78, 5) is 86.6. The number of aromatic carboxylic acids is 1. The number of likely N-dealkylation sites (tertiary alicyclic amines) is 1. The minimum absolute atomic E-state index is 0.00308. The van der Waals surface area contributed by atoms with Crippen LogP contribution in [-0.4, -0.2) is 110 Å². The van der Waals surface area contributed by atoms with Gasteiger partial charge in [-0.05, 0) is 129 Å². The van der Waals surface area contributed by atoms with Gasteiger partial charge in [-0.2, -0.15) is 0 Å². The molecule has 4 aromatic carbocycles. The third-order valence-electron chi connectivity index (χ3n) is 15.6. The number of carbonyl (C=O) groups is 5. The normalized spacial score (nSPS) is 18.6. The Labute approximate surface area is 494 Å². The number of para-hydroxylation sites is 1. The monoisotopic (exact) mass is 1180 g/mol. The Morgan fingerprint density at radius 2 is 1.66 bits per heavy atom. The molecule has 3 aromatic heterocycles. The van der Waals surface area contributed by atoms with Gasteiger partial charge in [0.25, 0.3) is 5.91 Å². The number of benzene rings is 4. The Hall–Kier alpha value is -7.54. The number of amides is 4. The first-order valence-corrected chi connectivity index (χ1v) is 30.7. The molecular weight excluding hydrogens is 1110 g/mol. The van der Waals surface area contributed by atoms with Crippen LogP contribution in [0.4, 0.5) is 10.3 Å². The second-order valence-electron chi connectivity index (χ2n) is 22.5. The molecule has 2 fully saturated rings. The number of aromatic nitrogens is 3. The molecule has 0 radical (unpaired) electrons. The lowest BCUT2D eigenvalue weighted by Gasteiger charge is -2.37. The largest absolute Gasteiger partial charge is 0.494 e. The van der Waals surface area contributed by atoms with Gasteiger partial charge in [0.2, 0.25) is 17.7 Å². The summed E-state index contributed by atoms with van der Waals surface area (Å²) in [6.45, 7) is 11.2. The van der Waals surface area contributed by atoms with Crippen molar-refractivity contribution in [3.8, 4) is 28.0 Å². The first-order valence-electron chi connectivity index (χ1n) is 28.1. The number of nitrogens with zero attached hydrogens (tertiary/aromatic N) is 5. The number of anilines is 2. The molecule has 3 aliphatic rings. The number of carboxylic acids is 1. The van der Waals surface area contributed by atoms with E-state index in [1.807, 2.05) is 136 Å². The van der Waals surface area contributed by atoms with Crippen LogP contribution in [0.3, 0.4) is 0 Å². The number of carboxylic acid groups (broad SMARTS) is 1. The fraction of sp³-hybridized carbons (Fsp3) is 0.397. The molecule has 1 aliphatic carbocycles. The lowest BCUT2D eigenvalue weighted by molar-refractivity contribution is -0.145. The lowest BCUT2D eigenvalue weighted by Crippen LogP contribution is -2.58. The SMILES string of the molecule is Cc1ncsc1-c1ccc([C@H](C)NC(=O)[C@@H]2C[C@@H](O)CN2C(=O)[C@@H](NC(=O)C2CCC(OCC#Cc3ccc(OCCCc4sc(N5CCc6cccc(C(=O)Nc7nc8ccccc8s7)c6C5)nc4C(=O)O)cc3)CC2)C(C)(C)C)cc1. The quantitative estimate of drug-likeness (QED) is 0.0399. The van der Waals surface area contributed by atoms with Crippen molar-refractivity contribution in [3.05, 3.63) is 141 Å². The van der Waals surface area contributed by atoms with E-state index in [0.717, 1.165) is 48.6 Å². The van der Waals surface area contributed by atoms with E-state index in [0.29, 0.717) is 91.1 Å². The number of hydrogen-bond donors (Lipinski definition) is 5. The molecule has 5 N–H and O–H groups in total. The van der Waals surface area contributed by atoms with Crippen molar-refractivity contribution in [1.82, 2.24) is 30.5 Å². The number of β-amino-alcohol motifs (C(OH)–C–C–N with tert-alkyl or cyclic N) is 1. The second-order valence-corrected chi connectivity index (χ2v) is 25.5. The van der Waals surface area contributed by atoms with Crippen molar-refractivity contribution in [2.24, 2.45) is 11.3 Å². The van der Waals surface area contributed by atoms with Crippen LogP contribution < -0.4 is 25.6 Å². The smallest absolute Gasteiger partial charge is 0.355 e. The Bertz CT molecular complexity index is 3520. The number of aliphatic hydroxyl groups is 1. The predicted octanol–water partition coefficient (Wildman–Crippen LogP) is 10.0. The highest BCUT2D eigenvalue weighted by Gasteiger charge is 2.45. The van der Waals surface area contributed by atoms with Gasteiger partial charge >= 0.3 is 5.97 Å². The number of aliphatic hydroxyl groups excluding tert-OH is 1. The van der Waals surface area contributed by atoms with Crippen LogP contribution in [0.1, 0.15) is 126 Å². The second kappa shape index (κ2) is 25.9. The summed E-state index contributed by atoms with van der Waals surface area (Å²) in [5.74, 6) is 4.33. The van der Waals surface area contributed by atoms with E-state index in [2.05, 4.69) is 42.7 Å². The summed E-state index contributed by atoms with van der Waals surface area (Å²) >= 11 is 4.36. The summed E-state index contributed by atoms with van der Waals surface area (Å²) in [6, 6.07) is 26.7. The molecule has 0 spiro atoms. The van der Waals surface area contributed by atoms with Crippen LogP contribution >= 0.6 is 34.0 Å². The molecule has 4 atom stereocenters. The van der Waals surface area contributed by atoms with Gasteiger partial charge in [0, 0.05) is 48.0 Å². The summed E-state index contributed by atoms with van der Waals surface area (Å²) in [5.41, 5.74) is 8.23. The van der Waals surface area contributed by atoms with E-state index in [9.17, 15) is 34.2 Å². The summed E-state index contributed by atoms with van der Waals surface area (Å²) < 4.78 is 13.1. The van der Waals surface area contributed by atoms with Gasteiger partial charge in [-0.3, -0.25) is 24.5 Å². The molecular formula is C63H68N8O9S3. The number of fused-ring (bicyclic) bond motifs is 2. The van der Waals surface area contributed by atoms with Gasteiger partial charge in [0.05, 0.1) is 51.2 Å². The van der Waals surface area contributed by atoms with Crippen molar-refractivity contribution in [2.75, 3.05) is 36.5 Å². The van der Waals surface area contributed by atoms with Gasteiger partial charge in [-0.25, -0.2) is 19.7 Å². The Balaban J connectivity index is 0.647. The molecule has 10 rings (SSSR count). The van der Waals surface area contributed by atoms with Crippen LogP contribution in [0.5, 0.6) is 5.75 Å². The van der Waals surface area contributed by atoms with E-state index in [-0.39, 0.29) is 61.1 Å². The molecule has 432 valence electrons. The van der Waals surface area contributed by atoms with Gasteiger partial charge in [0.15, 0.2) is 16.0 Å². The van der Waals surface area contributed by atoms with Gasteiger partial charge in [-0.1, -0.05) is 92.5 Å². The molecule has 83 heavy (non-hydrogen) atoms. The molecule has 1 saturated heterocycles. The highest BCUT2D eigenvalue weighted by molar-refractivity contribution is 7.22. The maximum atomic E-state index is 14.3. The first-order chi connectivity index (χ1) is 39.9. The Kier molecular flexibility index (Phi) is 18.3. The molecule has 17 nitrogen and oxygen atoms in total. The summed E-state index contributed by atoms with van der Waals surface area (Å²) in [7, 11) is 0. The van der Waals surface area contributed by atoms with E-state index >= 15 is 0 Å². The van der Waals surface area contributed by atoms with Crippen molar-refractivity contribution >= 4 is 84.1 Å². The zero-order chi connectivity index (χ0) is 58.4. The predicted molar refractivity (Wildman–Crippen MR) is 323 cm³/mol. The lowest BCUT2D eigenvalue weighted by atomic mass is 9.83. The fourth-order valence-electron chi connectivity index (χ4n) is 11.0. The number of thiazole rings is 3. The number of carbonyl (C=O) groups excluding carboxylic acids is 4. The zero-order valence-electron chi connectivity index (χ0n) is 47.1. The van der Waals surface area contributed by atoms with E-state index in [4.69, 9.17) is 9.47 Å². The molecule has 4 amide bonds. The molecule has 1 saturated carbocycles. The van der Waals surface area contributed by atoms with Crippen LogP contribution in [-0.2, 0) is 38.5 Å². The number of hydrogen-bond acceptors (Lipinski definition) is 15. The zero-order valence-corrected chi connectivity index (χ0v) is 49.6. The van der Waals surface area contributed by atoms with Gasteiger partial charge in [0.1, 0.15) is 24.4 Å². The molecule has 0 bridgehead atoms. The maximum Gasteiger partial charge on any atom is 0.355 e. The van der Waals surface area contributed by atoms with Crippen molar-refractivity contribution in [2.45, 2.75) is 123 Å². The fourth-order valence-corrected chi connectivity index (χ4v) is 13.8. The summed E-state index contributed by atoms with van der Waals surface area (Å²) in [6.07, 6.45) is 3.40. The average Bonchev–Trinajstić information content (AvgIpc) is 4.52. The molecule has 5 heterocycles. The molecule has 2 aliphatic heterocycles. The number of nitrogens with one attached hydrogen (secondary N) is 3. The van der Waals surface area contributed by atoms with E-state index < -0.39 is 35.5 Å². The maximum absolute atomic E-state index is 14.3. The van der Waals surface area contributed by atoms with E-state index in [1.54, 1.807) is 11.3 Å². The third-order valence-corrected chi connectivity index (χ3v) is 18.7. The van der Waals surface area contributed by atoms with Gasteiger partial charge in [-0.15, -0.1) is 22.7 Å². The van der Waals surface area contributed by atoms with Crippen LogP contribution in [0, 0.1) is 30.1 Å². The molecule has 0 unspecified atom stereocenters. The minimum atomic E-state index is -1.08. The number of rotatable bonds is 18. The van der Waals surface area contributed by atoms with Crippen molar-refractivity contribution in [3.63, 3.8) is 0 Å². The van der Waals surface area contributed by atoms with Crippen LogP contribution in [0.2, 0.25) is 0 Å². The summed E-state index contributed by atoms with van der Waals surface area (Å²) in [5, 5.41) is 31.1. The Morgan fingerprint density at radius 1 is 0.892 bits per heavy atom. The number of aryl methyl sites for hydroxylation is 2. The van der Waals surface area contributed by atoms with Gasteiger partial charge < -0.3 is 40.1 Å². The standard InChI is InChI=1S/C63H68N8O9S3/c1-37(40-19-21-42(22-20-40)54-38(2)64-36-81-54)65-58(75)50-33-44(72)34-71(50)59(76)55(63(3,4)5)68-56(73)43-23-27-46(28-24-43)79-31-9-11-39-17-25-45(26-18-39)80-32-10-16-52-53(60(77)78)67-62(83-52)70-30-29-41-12-8-13-47(48(41)35-70)57(74)69-61-66-49-14-6-7-15-51(49)82-61/h6-8,12-15,17-22,25-26,36-37,43-44,46,50,55,72H,10,16,23-24,27-35H2,1-5H3,(H,65,75)(H,68,73)(H,77,78)(H,66,69,74)/t37-,43?,44+,46?,50-,55+/m0/s1. The highest BCUT2D eigenvalue weighted by atomic mass is 32.1. The third kappa shape index (κ3) is 14.1.